The third kappa shape index (κ3) is 3.98. The Hall–Kier alpha value is -3.19. The SMILES string of the molecule is Cc1ccc(S(=O)(=O)Nc2ccc(C)cc2C(=O)c2cccc[n+]2[O-])cc1. The standard InChI is InChI=1S/C20H18N2O4S/c1-14-6-9-16(10-7-14)27(25,26)21-18-11-8-15(2)13-17(18)20(23)19-5-3-4-12-22(19)24/h3-13,21H,1-2H3. The largest absolute Gasteiger partial charge is 0.618 e. The lowest BCUT2D eigenvalue weighted by atomic mass is 10.0. The number of hydrogen-bond acceptors (Lipinski definition) is 4. The minimum absolute atomic E-state index is 0.0844. The molecule has 27 heavy (non-hydrogen) atoms. The highest BCUT2D eigenvalue weighted by Gasteiger charge is 2.23. The summed E-state index contributed by atoms with van der Waals surface area (Å²) < 4.78 is 28.3. The fourth-order valence-electron chi connectivity index (χ4n) is 2.60. The molecule has 0 aliphatic carbocycles. The lowest BCUT2D eigenvalue weighted by Gasteiger charge is -2.13. The van der Waals surface area contributed by atoms with Crippen LogP contribution in [0, 0.1) is 19.1 Å². The number of aryl methyl sites for hydroxylation is 2. The molecule has 1 aromatic heterocycles. The summed E-state index contributed by atoms with van der Waals surface area (Å²) in [5.41, 5.74) is 1.85. The van der Waals surface area contributed by atoms with Crippen LogP contribution in [0.2, 0.25) is 0 Å². The molecule has 0 fully saturated rings. The zero-order chi connectivity index (χ0) is 19.6. The van der Waals surface area contributed by atoms with Crippen LogP contribution in [0.1, 0.15) is 27.2 Å². The molecule has 2 aromatic carbocycles. The van der Waals surface area contributed by atoms with E-state index in [4.69, 9.17) is 0 Å². The quantitative estimate of drug-likeness (QED) is 0.417. The molecular weight excluding hydrogens is 364 g/mol. The molecule has 3 rings (SSSR count). The van der Waals surface area contributed by atoms with Crippen LogP contribution in [-0.4, -0.2) is 14.2 Å². The molecule has 0 aliphatic rings. The van der Waals surface area contributed by atoms with E-state index in [1.54, 1.807) is 37.3 Å². The summed E-state index contributed by atoms with van der Waals surface area (Å²) in [6.07, 6.45) is 1.22. The van der Waals surface area contributed by atoms with Crippen LogP contribution < -0.4 is 9.45 Å². The first-order valence-corrected chi connectivity index (χ1v) is 9.69. The van der Waals surface area contributed by atoms with Gasteiger partial charge >= 0.3 is 0 Å². The van der Waals surface area contributed by atoms with Crippen LogP contribution in [-0.2, 0) is 10.0 Å². The number of anilines is 1. The maximum absolute atomic E-state index is 12.9. The van der Waals surface area contributed by atoms with Crippen molar-refractivity contribution in [1.82, 2.24) is 0 Å². The first-order valence-electron chi connectivity index (χ1n) is 8.21. The number of carbonyl (C=O) groups is 1. The van der Waals surface area contributed by atoms with Gasteiger partial charge in [0, 0.05) is 12.1 Å². The highest BCUT2D eigenvalue weighted by molar-refractivity contribution is 7.92. The molecule has 6 nitrogen and oxygen atoms in total. The molecule has 0 saturated heterocycles. The fraction of sp³-hybridized carbons (Fsp3) is 0.100. The smallest absolute Gasteiger partial charge is 0.264 e. The Bertz CT molecular complexity index is 1110. The van der Waals surface area contributed by atoms with Gasteiger partial charge in [0.15, 0.2) is 6.20 Å². The van der Waals surface area contributed by atoms with Gasteiger partial charge in [-0.2, -0.15) is 4.73 Å². The number of aromatic nitrogens is 1. The van der Waals surface area contributed by atoms with Crippen LogP contribution in [0.25, 0.3) is 0 Å². The number of benzene rings is 2. The van der Waals surface area contributed by atoms with Crippen molar-refractivity contribution in [3.63, 3.8) is 0 Å². The first-order chi connectivity index (χ1) is 12.8. The first kappa shape index (κ1) is 18.6. The zero-order valence-corrected chi connectivity index (χ0v) is 15.7. The van der Waals surface area contributed by atoms with E-state index in [2.05, 4.69) is 4.72 Å². The topological polar surface area (TPSA) is 90.2 Å². The van der Waals surface area contributed by atoms with Crippen LogP contribution in [0.15, 0.2) is 71.8 Å². The van der Waals surface area contributed by atoms with E-state index in [-0.39, 0.29) is 21.8 Å². The molecule has 0 atom stereocenters. The molecule has 7 heteroatoms. The molecule has 0 saturated carbocycles. The predicted octanol–water partition coefficient (Wildman–Crippen LogP) is 2.97. The van der Waals surface area contributed by atoms with Crippen LogP contribution in [0.4, 0.5) is 5.69 Å². The number of nitrogens with zero attached hydrogens (tertiary/aromatic N) is 1. The molecule has 0 amide bonds. The van der Waals surface area contributed by atoms with Crippen molar-refractivity contribution in [3.05, 3.63) is 94.5 Å². The van der Waals surface area contributed by atoms with E-state index in [0.717, 1.165) is 11.1 Å². The van der Waals surface area contributed by atoms with E-state index >= 15 is 0 Å². The molecular formula is C20H18N2O4S. The van der Waals surface area contributed by atoms with Gasteiger partial charge in [-0.15, -0.1) is 0 Å². The van der Waals surface area contributed by atoms with Gasteiger partial charge in [0.1, 0.15) is 0 Å². The molecule has 0 aliphatic heterocycles. The van der Waals surface area contributed by atoms with Crippen LogP contribution >= 0.6 is 0 Å². The van der Waals surface area contributed by atoms with Gasteiger partial charge in [-0.1, -0.05) is 29.3 Å². The Kier molecular flexibility index (Phi) is 4.96. The van der Waals surface area contributed by atoms with Crippen molar-refractivity contribution in [1.29, 1.82) is 0 Å². The Morgan fingerprint density at radius 1 is 0.963 bits per heavy atom. The predicted molar refractivity (Wildman–Crippen MR) is 102 cm³/mol. The number of sulfonamides is 1. The highest BCUT2D eigenvalue weighted by Crippen LogP contribution is 2.23. The number of rotatable bonds is 5. The minimum Gasteiger partial charge on any atom is -0.618 e. The van der Waals surface area contributed by atoms with E-state index in [9.17, 15) is 18.4 Å². The van der Waals surface area contributed by atoms with Gasteiger partial charge in [-0.25, -0.2) is 8.42 Å². The van der Waals surface area contributed by atoms with E-state index in [1.165, 1.54) is 36.5 Å². The maximum Gasteiger partial charge on any atom is 0.264 e. The average molecular weight is 382 g/mol. The van der Waals surface area contributed by atoms with Crippen molar-refractivity contribution in [2.75, 3.05) is 4.72 Å². The van der Waals surface area contributed by atoms with Gasteiger partial charge in [0.2, 0.25) is 0 Å². The van der Waals surface area contributed by atoms with Crippen molar-refractivity contribution in [2.45, 2.75) is 18.7 Å². The summed E-state index contributed by atoms with van der Waals surface area (Å²) in [6, 6.07) is 15.6. The summed E-state index contributed by atoms with van der Waals surface area (Å²) in [4.78, 5) is 12.9. The minimum atomic E-state index is -3.88. The van der Waals surface area contributed by atoms with Gasteiger partial charge in [0.25, 0.3) is 21.5 Å². The van der Waals surface area contributed by atoms with Crippen molar-refractivity contribution < 1.29 is 17.9 Å². The van der Waals surface area contributed by atoms with Crippen LogP contribution in [0.3, 0.4) is 0 Å². The second-order valence-corrected chi connectivity index (χ2v) is 7.89. The third-order valence-electron chi connectivity index (χ3n) is 4.05. The third-order valence-corrected chi connectivity index (χ3v) is 5.43. The Morgan fingerprint density at radius 3 is 2.30 bits per heavy atom. The highest BCUT2D eigenvalue weighted by atomic mass is 32.2. The molecule has 1 heterocycles. The van der Waals surface area contributed by atoms with E-state index < -0.39 is 15.8 Å². The summed E-state index contributed by atoms with van der Waals surface area (Å²) in [5, 5.41) is 11.9. The molecule has 0 spiro atoms. The summed E-state index contributed by atoms with van der Waals surface area (Å²) in [7, 11) is -3.88. The Balaban J connectivity index is 2.03. The van der Waals surface area contributed by atoms with E-state index in [0.29, 0.717) is 4.73 Å². The average Bonchev–Trinajstić information content (AvgIpc) is 2.63. The number of ketones is 1. The second kappa shape index (κ2) is 7.20. The summed E-state index contributed by atoms with van der Waals surface area (Å²) in [5.74, 6) is -0.559. The molecule has 0 bridgehead atoms. The summed E-state index contributed by atoms with van der Waals surface area (Å²) in [6.45, 7) is 3.64. The molecule has 0 unspecified atom stereocenters. The fourth-order valence-corrected chi connectivity index (χ4v) is 3.68. The molecule has 0 radical (unpaired) electrons. The second-order valence-electron chi connectivity index (χ2n) is 6.21. The molecule has 3 aromatic rings. The normalized spacial score (nSPS) is 11.2. The molecule has 1 N–H and O–H groups in total. The Labute approximate surface area is 157 Å². The van der Waals surface area contributed by atoms with Crippen LogP contribution in [0.5, 0.6) is 0 Å². The lowest BCUT2D eigenvalue weighted by Crippen LogP contribution is -2.34. The number of hydrogen-bond donors (Lipinski definition) is 1. The molecule has 138 valence electrons. The summed E-state index contributed by atoms with van der Waals surface area (Å²) >= 11 is 0. The van der Waals surface area contributed by atoms with Crippen molar-refractivity contribution in [3.8, 4) is 0 Å². The monoisotopic (exact) mass is 382 g/mol. The number of carbonyl (C=O) groups excluding carboxylic acids is 1. The zero-order valence-electron chi connectivity index (χ0n) is 14.8. The van der Waals surface area contributed by atoms with E-state index in [1.807, 2.05) is 6.92 Å². The van der Waals surface area contributed by atoms with Gasteiger partial charge < -0.3 is 5.21 Å². The van der Waals surface area contributed by atoms with Crippen molar-refractivity contribution >= 4 is 21.5 Å². The van der Waals surface area contributed by atoms with Gasteiger partial charge in [-0.05, 0) is 44.2 Å². The van der Waals surface area contributed by atoms with Crippen molar-refractivity contribution in [2.24, 2.45) is 0 Å². The maximum atomic E-state index is 12.9. The lowest BCUT2D eigenvalue weighted by molar-refractivity contribution is -0.607. The van der Waals surface area contributed by atoms with Gasteiger partial charge in [-0.3, -0.25) is 9.52 Å². The van der Waals surface area contributed by atoms with Gasteiger partial charge in [0.05, 0.1) is 16.1 Å². The Morgan fingerprint density at radius 2 is 1.63 bits per heavy atom. The number of pyridine rings is 1. The number of nitrogens with one attached hydrogen (secondary N) is 1.